The molecule has 2 aromatic rings. The van der Waals surface area contributed by atoms with Gasteiger partial charge < -0.3 is 40.4 Å². The number of nitrogens with zero attached hydrogens (tertiary/aromatic N) is 1. The van der Waals surface area contributed by atoms with E-state index in [2.05, 4.69) is 10.6 Å². The van der Waals surface area contributed by atoms with E-state index in [-0.39, 0.29) is 79.3 Å². The Morgan fingerprint density at radius 1 is 1.02 bits per heavy atom. The maximum Gasteiger partial charge on any atom is 0.336 e. The molecule has 0 saturated heterocycles. The number of nitro groups is 1. The number of hydrogen-bond donors (Lipinski definition) is 4. The van der Waals surface area contributed by atoms with Crippen LogP contribution in [0.25, 0.3) is 0 Å². The summed E-state index contributed by atoms with van der Waals surface area (Å²) in [6, 6.07) is 13.3. The van der Waals surface area contributed by atoms with Crippen molar-refractivity contribution in [1.29, 1.82) is 0 Å². The number of halogens is 2. The first kappa shape index (κ1) is 40.1. The number of allylic oxidation sites excluding steroid dienone is 2. The van der Waals surface area contributed by atoms with Crippen molar-refractivity contribution < 1.29 is 38.6 Å². The Morgan fingerprint density at radius 3 is 2.33 bits per heavy atom. The highest BCUT2D eigenvalue weighted by molar-refractivity contribution is 6.00. The first-order valence-electron chi connectivity index (χ1n) is 14.3. The van der Waals surface area contributed by atoms with Gasteiger partial charge in [0.1, 0.15) is 30.8 Å². The predicted octanol–water partition coefficient (Wildman–Crippen LogP) is 3.54. The fourth-order valence-electron chi connectivity index (χ4n) is 4.76. The van der Waals surface area contributed by atoms with Crippen molar-refractivity contribution >= 4 is 42.4 Å². The van der Waals surface area contributed by atoms with Crippen LogP contribution in [0, 0.1) is 10.1 Å². The van der Waals surface area contributed by atoms with Crippen molar-refractivity contribution in [3.8, 4) is 11.5 Å². The summed E-state index contributed by atoms with van der Waals surface area (Å²) in [7, 11) is 1.21. The molecule has 0 amide bonds. The van der Waals surface area contributed by atoms with Gasteiger partial charge in [0.05, 0.1) is 35.7 Å². The Labute approximate surface area is 280 Å². The molecule has 1 heterocycles. The van der Waals surface area contributed by atoms with Crippen molar-refractivity contribution in [2.24, 2.45) is 5.73 Å². The summed E-state index contributed by atoms with van der Waals surface area (Å²) in [5, 5.41) is 28.1. The van der Waals surface area contributed by atoms with Crippen molar-refractivity contribution in [2.45, 2.75) is 38.7 Å². The average Bonchev–Trinajstić information content (AvgIpc) is 3.01. The number of para-hydroxylation sites is 1. The molecule has 46 heavy (non-hydrogen) atoms. The Kier molecular flexibility index (Phi) is 17.7. The number of methoxy groups -OCH3 is 1. The number of hydrogen-bond acceptors (Lipinski definition) is 12. The molecule has 0 saturated carbocycles. The summed E-state index contributed by atoms with van der Waals surface area (Å²) in [6.07, 6.45) is 0.650. The Balaban J connectivity index is 0.00000529. The van der Waals surface area contributed by atoms with E-state index >= 15 is 0 Å². The van der Waals surface area contributed by atoms with Gasteiger partial charge >= 0.3 is 11.9 Å². The van der Waals surface area contributed by atoms with Gasteiger partial charge in [-0.25, -0.2) is 9.59 Å². The molecule has 0 bridgehead atoms. The number of nitrogens with two attached hydrogens (primary N) is 1. The third-order valence-corrected chi connectivity index (χ3v) is 6.82. The zero-order chi connectivity index (χ0) is 32.1. The van der Waals surface area contributed by atoms with E-state index in [9.17, 15) is 24.8 Å². The number of unbranched alkanes of at least 4 members (excludes halogenated alkanes) is 1. The smallest absolute Gasteiger partial charge is 0.336 e. The number of aliphatic hydroxyl groups is 1. The number of dihydropyridines is 1. The lowest BCUT2D eigenvalue weighted by atomic mass is 9.79. The summed E-state index contributed by atoms with van der Waals surface area (Å²) in [5.41, 5.74) is 6.57. The van der Waals surface area contributed by atoms with E-state index in [1.54, 1.807) is 13.8 Å². The largest absolute Gasteiger partial charge is 0.493 e. The van der Waals surface area contributed by atoms with Crippen LogP contribution in [0.3, 0.4) is 0 Å². The van der Waals surface area contributed by atoms with Crippen LogP contribution in [0.5, 0.6) is 11.5 Å². The number of aliphatic hydroxyl groups excluding tert-OH is 1. The topological polar surface area (TPSA) is 185 Å². The van der Waals surface area contributed by atoms with Crippen LogP contribution in [0.15, 0.2) is 71.1 Å². The van der Waals surface area contributed by atoms with Crippen LogP contribution < -0.4 is 25.8 Å². The van der Waals surface area contributed by atoms with Crippen LogP contribution in [-0.2, 0) is 19.1 Å². The van der Waals surface area contributed by atoms with Gasteiger partial charge in [-0.15, -0.1) is 24.8 Å². The number of carbonyl (C=O) groups excluding carboxylic acids is 2. The second-order valence-electron chi connectivity index (χ2n) is 10.1. The minimum absolute atomic E-state index is 0. The van der Waals surface area contributed by atoms with Crippen molar-refractivity contribution in [2.75, 3.05) is 46.6 Å². The molecule has 1 aliphatic rings. The molecule has 5 N–H and O–H groups in total. The predicted molar refractivity (Wildman–Crippen MR) is 176 cm³/mol. The molecule has 13 nitrogen and oxygen atoms in total. The number of carbonyl (C=O) groups is 2. The first-order chi connectivity index (χ1) is 21.2. The van der Waals surface area contributed by atoms with Gasteiger partial charge in [-0.2, -0.15) is 0 Å². The van der Waals surface area contributed by atoms with E-state index in [1.165, 1.54) is 25.3 Å². The summed E-state index contributed by atoms with van der Waals surface area (Å²) in [4.78, 5) is 37.4. The number of nitro benzene ring substituents is 1. The number of non-ortho nitro benzene ring substituents is 1. The molecule has 0 spiro atoms. The Morgan fingerprint density at radius 2 is 1.70 bits per heavy atom. The van der Waals surface area contributed by atoms with E-state index in [4.69, 9.17) is 24.7 Å². The molecule has 1 aliphatic heterocycles. The van der Waals surface area contributed by atoms with Gasteiger partial charge in [-0.05, 0) is 51.4 Å². The normalized spacial score (nSPS) is 14.7. The molecule has 3 rings (SSSR count). The van der Waals surface area contributed by atoms with Crippen molar-refractivity contribution in [1.82, 2.24) is 10.6 Å². The Hall–Kier alpha value is -3.88. The monoisotopic (exact) mass is 684 g/mol. The molecule has 2 atom stereocenters. The summed E-state index contributed by atoms with van der Waals surface area (Å²) in [5.74, 6) is -1.54. The number of nitrogens with one attached hydrogen (secondary N) is 2. The zero-order valence-electron chi connectivity index (χ0n) is 26.0. The molecule has 2 unspecified atom stereocenters. The summed E-state index contributed by atoms with van der Waals surface area (Å²) in [6.45, 7) is 4.73. The molecule has 254 valence electrons. The van der Waals surface area contributed by atoms with Crippen molar-refractivity contribution in [3.05, 3.63) is 86.7 Å². The maximum absolute atomic E-state index is 13.2. The quantitative estimate of drug-likeness (QED) is 0.0824. The molecule has 2 aromatic carbocycles. The zero-order valence-corrected chi connectivity index (χ0v) is 27.6. The fourth-order valence-corrected chi connectivity index (χ4v) is 4.76. The second-order valence-corrected chi connectivity index (χ2v) is 10.1. The van der Waals surface area contributed by atoms with Gasteiger partial charge in [0.2, 0.25) is 0 Å². The molecule has 0 fully saturated rings. The number of benzene rings is 2. The van der Waals surface area contributed by atoms with Gasteiger partial charge in [0.15, 0.2) is 0 Å². The number of esters is 2. The van der Waals surface area contributed by atoms with Crippen molar-refractivity contribution in [3.63, 3.8) is 0 Å². The lowest BCUT2D eigenvalue weighted by Gasteiger charge is -2.31. The minimum atomic E-state index is -1.06. The van der Waals surface area contributed by atoms with E-state index in [0.29, 0.717) is 43.1 Å². The lowest BCUT2D eigenvalue weighted by molar-refractivity contribution is -0.384. The summed E-state index contributed by atoms with van der Waals surface area (Å²) >= 11 is 0. The second kappa shape index (κ2) is 20.3. The maximum atomic E-state index is 13.2. The molecule has 0 aromatic heterocycles. The SMILES string of the molecule is COC(=O)C1=C(C)NC(C)=C(C(=O)OCCN)C1c1cc([N+](=O)[O-])ccc1OCCCCNCC(O)COc1ccccc1.Cl.Cl. The van der Waals surface area contributed by atoms with E-state index in [0.717, 1.165) is 0 Å². The fraction of sp³-hybridized carbons (Fsp3) is 0.419. The van der Waals surface area contributed by atoms with Gasteiger partial charge in [-0.1, -0.05) is 18.2 Å². The molecule has 15 heteroatoms. The standard InChI is InChI=1S/C31H40N4O9.2ClH/c1-20-27(30(37)41-3)29(28(21(2)34-20)31(38)43-16-13-32)25-17-22(35(39)40)11-12-26(25)42-15-8-7-14-33-18-23(36)19-44-24-9-5-4-6-10-24;;/h4-6,9-12,17,23,29,33-34,36H,7-8,13-16,18-19,32H2,1-3H3;2*1H. The minimum Gasteiger partial charge on any atom is -0.493 e. The van der Waals surface area contributed by atoms with E-state index in [1.807, 2.05) is 30.3 Å². The van der Waals surface area contributed by atoms with E-state index < -0.39 is 28.9 Å². The lowest BCUT2D eigenvalue weighted by Crippen LogP contribution is -2.33. The summed E-state index contributed by atoms with van der Waals surface area (Å²) < 4.78 is 22.0. The van der Waals surface area contributed by atoms with Crippen LogP contribution in [-0.4, -0.2) is 74.6 Å². The highest BCUT2D eigenvalue weighted by Gasteiger charge is 2.40. The van der Waals surface area contributed by atoms with Gasteiger partial charge in [0, 0.05) is 42.2 Å². The average molecular weight is 686 g/mol. The van der Waals surface area contributed by atoms with Crippen LogP contribution in [0.1, 0.15) is 38.2 Å². The van der Waals surface area contributed by atoms with Crippen LogP contribution in [0.4, 0.5) is 5.69 Å². The van der Waals surface area contributed by atoms with Crippen LogP contribution in [0.2, 0.25) is 0 Å². The van der Waals surface area contributed by atoms with Crippen LogP contribution >= 0.6 is 24.8 Å². The highest BCUT2D eigenvalue weighted by Crippen LogP contribution is 2.44. The van der Waals surface area contributed by atoms with Gasteiger partial charge in [0.25, 0.3) is 5.69 Å². The third kappa shape index (κ3) is 11.2. The molecular weight excluding hydrogens is 643 g/mol. The first-order valence-corrected chi connectivity index (χ1v) is 14.3. The molecule has 0 radical (unpaired) electrons. The highest BCUT2D eigenvalue weighted by atomic mass is 35.5. The Bertz CT molecular complexity index is 1370. The molecule has 0 aliphatic carbocycles. The number of rotatable bonds is 17. The molecular formula is C31H42Cl2N4O9. The number of ether oxygens (including phenoxy) is 4. The third-order valence-electron chi connectivity index (χ3n) is 6.82. The van der Waals surface area contributed by atoms with Gasteiger partial charge in [-0.3, -0.25) is 10.1 Å².